The average molecular weight is 350 g/mol. The lowest BCUT2D eigenvalue weighted by atomic mass is 9.94. The molecule has 1 aromatic carbocycles. The van der Waals surface area contributed by atoms with E-state index in [-0.39, 0.29) is 10.0 Å². The lowest BCUT2D eigenvalue weighted by Crippen LogP contribution is -2.44. The van der Waals surface area contributed by atoms with Crippen LogP contribution in [-0.4, -0.2) is 11.7 Å². The first kappa shape index (κ1) is 16.9. The lowest BCUT2D eigenvalue weighted by Gasteiger charge is -2.29. The molecule has 1 N–H and O–H groups in total. The van der Waals surface area contributed by atoms with Crippen LogP contribution in [0.1, 0.15) is 40.2 Å². The van der Waals surface area contributed by atoms with E-state index in [1.165, 1.54) is 6.07 Å². The molecule has 0 aliphatic heterocycles. The SMILES string of the molecule is CC(C)(C)OC(=O)NC(C)(C)c1cc(Br)c(F)cc1F. The maximum atomic E-state index is 13.9. The lowest BCUT2D eigenvalue weighted by molar-refractivity contribution is 0.0469. The number of nitrogens with one attached hydrogen (secondary N) is 1. The third-order valence-corrected chi connectivity index (χ3v) is 3.10. The van der Waals surface area contributed by atoms with E-state index in [0.29, 0.717) is 0 Å². The number of benzene rings is 1. The summed E-state index contributed by atoms with van der Waals surface area (Å²) in [6.45, 7) is 8.41. The maximum absolute atomic E-state index is 13.9. The van der Waals surface area contributed by atoms with Crippen LogP contribution in [0, 0.1) is 11.6 Å². The molecule has 1 amide bonds. The fourth-order valence-corrected chi connectivity index (χ4v) is 1.97. The molecule has 1 aromatic rings. The molecule has 6 heteroatoms. The molecule has 0 aliphatic carbocycles. The van der Waals surface area contributed by atoms with Crippen molar-refractivity contribution in [1.82, 2.24) is 5.32 Å². The van der Waals surface area contributed by atoms with Gasteiger partial charge in [0, 0.05) is 11.6 Å². The normalized spacial score (nSPS) is 12.2. The largest absolute Gasteiger partial charge is 0.444 e. The molecule has 0 saturated heterocycles. The predicted molar refractivity (Wildman–Crippen MR) is 76.5 cm³/mol. The van der Waals surface area contributed by atoms with Gasteiger partial charge in [-0.3, -0.25) is 0 Å². The van der Waals surface area contributed by atoms with Gasteiger partial charge in [-0.05, 0) is 56.6 Å². The Labute approximate surface area is 125 Å². The zero-order valence-electron chi connectivity index (χ0n) is 12.1. The molecule has 0 atom stereocenters. The molecule has 0 spiro atoms. The number of hydrogen-bond donors (Lipinski definition) is 1. The van der Waals surface area contributed by atoms with Gasteiger partial charge in [0.1, 0.15) is 17.2 Å². The number of carbonyl (C=O) groups excluding carboxylic acids is 1. The molecule has 0 radical (unpaired) electrons. The van der Waals surface area contributed by atoms with Gasteiger partial charge < -0.3 is 10.1 Å². The molecular formula is C14H18BrF2NO2. The minimum absolute atomic E-state index is 0.132. The second kappa shape index (κ2) is 5.68. The van der Waals surface area contributed by atoms with Crippen molar-refractivity contribution < 1.29 is 18.3 Å². The third kappa shape index (κ3) is 4.44. The van der Waals surface area contributed by atoms with Crippen LogP contribution in [0.2, 0.25) is 0 Å². The number of alkyl carbamates (subject to hydrolysis) is 1. The van der Waals surface area contributed by atoms with Gasteiger partial charge in [-0.2, -0.15) is 0 Å². The molecule has 0 aliphatic rings. The fraction of sp³-hybridized carbons (Fsp3) is 0.500. The van der Waals surface area contributed by atoms with Crippen molar-refractivity contribution in [3.05, 3.63) is 33.8 Å². The molecular weight excluding hydrogens is 332 g/mol. The average Bonchev–Trinajstić information content (AvgIpc) is 2.19. The number of halogens is 3. The van der Waals surface area contributed by atoms with Gasteiger partial charge in [0.05, 0.1) is 10.0 Å². The molecule has 112 valence electrons. The van der Waals surface area contributed by atoms with Crippen LogP contribution in [0.4, 0.5) is 13.6 Å². The van der Waals surface area contributed by atoms with Crippen LogP contribution in [0.3, 0.4) is 0 Å². The first-order valence-corrected chi connectivity index (χ1v) is 6.88. The van der Waals surface area contributed by atoms with Crippen molar-refractivity contribution in [2.45, 2.75) is 45.8 Å². The number of amides is 1. The summed E-state index contributed by atoms with van der Waals surface area (Å²) >= 11 is 3.00. The first-order valence-electron chi connectivity index (χ1n) is 6.08. The zero-order chi connectivity index (χ0) is 15.7. The van der Waals surface area contributed by atoms with E-state index in [1.807, 2.05) is 0 Å². The number of carbonyl (C=O) groups is 1. The Hall–Kier alpha value is -1.17. The van der Waals surface area contributed by atoms with Crippen molar-refractivity contribution in [3.63, 3.8) is 0 Å². The third-order valence-electron chi connectivity index (χ3n) is 2.50. The summed E-state index contributed by atoms with van der Waals surface area (Å²) in [4.78, 5) is 11.8. The van der Waals surface area contributed by atoms with Crippen molar-refractivity contribution in [2.24, 2.45) is 0 Å². The van der Waals surface area contributed by atoms with Crippen molar-refractivity contribution >= 4 is 22.0 Å². The van der Waals surface area contributed by atoms with Gasteiger partial charge in [-0.15, -0.1) is 0 Å². The molecule has 0 saturated carbocycles. The molecule has 3 nitrogen and oxygen atoms in total. The summed E-state index contributed by atoms with van der Waals surface area (Å²) in [5.74, 6) is -1.42. The van der Waals surface area contributed by atoms with E-state index >= 15 is 0 Å². The summed E-state index contributed by atoms with van der Waals surface area (Å²) in [5, 5.41) is 2.57. The molecule has 0 aromatic heterocycles. The monoisotopic (exact) mass is 349 g/mol. The number of ether oxygens (including phenoxy) is 1. The minimum Gasteiger partial charge on any atom is -0.444 e. The van der Waals surface area contributed by atoms with Crippen LogP contribution in [0.25, 0.3) is 0 Å². The molecule has 0 bridgehead atoms. The van der Waals surface area contributed by atoms with Crippen LogP contribution in [0.15, 0.2) is 16.6 Å². The molecule has 0 fully saturated rings. The molecule has 1 rings (SSSR count). The van der Waals surface area contributed by atoms with Crippen molar-refractivity contribution in [3.8, 4) is 0 Å². The van der Waals surface area contributed by atoms with E-state index < -0.39 is 28.9 Å². The topological polar surface area (TPSA) is 38.3 Å². The predicted octanol–water partition coefficient (Wildman–Crippen LogP) is 4.49. The van der Waals surface area contributed by atoms with Crippen LogP contribution < -0.4 is 5.32 Å². The van der Waals surface area contributed by atoms with Crippen LogP contribution in [0.5, 0.6) is 0 Å². The summed E-state index contributed by atoms with van der Waals surface area (Å²) in [5.41, 5.74) is -1.53. The van der Waals surface area contributed by atoms with Crippen LogP contribution in [-0.2, 0) is 10.3 Å². The summed E-state index contributed by atoms with van der Waals surface area (Å²) in [7, 11) is 0. The quantitative estimate of drug-likeness (QED) is 0.799. The van der Waals surface area contributed by atoms with Crippen LogP contribution >= 0.6 is 15.9 Å². The Morgan fingerprint density at radius 1 is 1.15 bits per heavy atom. The molecule has 0 unspecified atom stereocenters. The molecule has 0 heterocycles. The second-order valence-electron chi connectivity index (χ2n) is 6.00. The summed E-state index contributed by atoms with van der Waals surface area (Å²) in [6, 6.07) is 2.08. The number of hydrogen-bond acceptors (Lipinski definition) is 2. The summed E-state index contributed by atoms with van der Waals surface area (Å²) < 4.78 is 32.4. The smallest absolute Gasteiger partial charge is 0.408 e. The van der Waals surface area contributed by atoms with E-state index in [4.69, 9.17) is 4.74 Å². The Balaban J connectivity index is 2.99. The number of rotatable bonds is 2. The molecule has 20 heavy (non-hydrogen) atoms. The highest BCUT2D eigenvalue weighted by atomic mass is 79.9. The second-order valence-corrected chi connectivity index (χ2v) is 6.85. The van der Waals surface area contributed by atoms with Gasteiger partial charge in [0.2, 0.25) is 0 Å². The van der Waals surface area contributed by atoms with E-state index in [2.05, 4.69) is 21.2 Å². The van der Waals surface area contributed by atoms with Gasteiger partial charge in [-0.1, -0.05) is 0 Å². The zero-order valence-corrected chi connectivity index (χ0v) is 13.7. The summed E-state index contributed by atoms with van der Waals surface area (Å²) in [6.07, 6.45) is -0.664. The van der Waals surface area contributed by atoms with Gasteiger partial charge >= 0.3 is 6.09 Å². The first-order chi connectivity index (χ1) is 8.92. The standard InChI is InChI=1S/C14H18BrF2NO2/c1-13(2,3)20-12(19)18-14(4,5)8-6-9(15)11(17)7-10(8)16/h6-7H,1-5H3,(H,18,19). The van der Waals surface area contributed by atoms with Crippen molar-refractivity contribution in [2.75, 3.05) is 0 Å². The van der Waals surface area contributed by atoms with Crippen molar-refractivity contribution in [1.29, 1.82) is 0 Å². The van der Waals surface area contributed by atoms with Gasteiger partial charge in [0.15, 0.2) is 0 Å². The van der Waals surface area contributed by atoms with E-state index in [0.717, 1.165) is 6.07 Å². The highest BCUT2D eigenvalue weighted by molar-refractivity contribution is 9.10. The van der Waals surface area contributed by atoms with E-state index in [9.17, 15) is 13.6 Å². The highest BCUT2D eigenvalue weighted by Crippen LogP contribution is 2.28. The Bertz CT molecular complexity index is 525. The maximum Gasteiger partial charge on any atom is 0.408 e. The fourth-order valence-electron chi connectivity index (χ4n) is 1.63. The van der Waals surface area contributed by atoms with Gasteiger partial charge in [0.25, 0.3) is 0 Å². The van der Waals surface area contributed by atoms with E-state index in [1.54, 1.807) is 34.6 Å². The van der Waals surface area contributed by atoms with Gasteiger partial charge in [-0.25, -0.2) is 13.6 Å². The Morgan fingerprint density at radius 2 is 1.70 bits per heavy atom. The highest BCUT2D eigenvalue weighted by Gasteiger charge is 2.29. The Morgan fingerprint density at radius 3 is 2.20 bits per heavy atom. The Kier molecular flexibility index (Phi) is 4.79. The minimum atomic E-state index is -1.04.